The number of nitrogens with two attached hydrogens (primary N) is 1. The van der Waals surface area contributed by atoms with Gasteiger partial charge < -0.3 is 15.5 Å². The van der Waals surface area contributed by atoms with Crippen molar-refractivity contribution in [3.05, 3.63) is 35.0 Å². The summed E-state index contributed by atoms with van der Waals surface area (Å²) >= 11 is 5.99. The molecule has 4 nitrogen and oxygen atoms in total. The van der Waals surface area contributed by atoms with Crippen molar-refractivity contribution in [1.82, 2.24) is 5.32 Å². The van der Waals surface area contributed by atoms with Crippen LogP contribution in [0.2, 0.25) is 5.02 Å². The van der Waals surface area contributed by atoms with Gasteiger partial charge in [0.15, 0.2) is 5.76 Å². The molecule has 2 unspecified atom stereocenters. The summed E-state index contributed by atoms with van der Waals surface area (Å²) < 4.78 is 5.67. The molecule has 24 heavy (non-hydrogen) atoms. The highest BCUT2D eigenvalue weighted by Gasteiger charge is 2.40. The summed E-state index contributed by atoms with van der Waals surface area (Å²) in [5.74, 6) is 1.23. The quantitative estimate of drug-likeness (QED) is 0.836. The molecule has 0 spiro atoms. The number of carbonyl (C=O) groups is 1. The van der Waals surface area contributed by atoms with Gasteiger partial charge in [-0.15, -0.1) is 12.4 Å². The Labute approximate surface area is 152 Å². The number of benzene rings is 1. The molecule has 130 valence electrons. The van der Waals surface area contributed by atoms with Gasteiger partial charge >= 0.3 is 0 Å². The Morgan fingerprint density at radius 2 is 1.92 bits per heavy atom. The molecule has 4 rings (SSSR count). The predicted octanol–water partition coefficient (Wildman–Crippen LogP) is 4.14. The third-order valence-corrected chi connectivity index (χ3v) is 5.61. The Bertz CT molecular complexity index is 732. The standard InChI is InChI=1S/C18H21ClN2O2.ClH/c19-13-4-5-15-12(6-13)9-16(23-15)18(22)21-17-10-2-1-3-11(17)8-14(20)7-10;/h4-6,9-11,14,17H,1-3,7-8,20H2,(H,21,22);1H. The number of halogens is 2. The summed E-state index contributed by atoms with van der Waals surface area (Å²) in [6.45, 7) is 0. The number of carbonyl (C=O) groups excluding carboxylic acids is 1. The molecule has 2 aromatic rings. The molecule has 1 aromatic carbocycles. The molecule has 2 aliphatic rings. The number of hydrogen-bond donors (Lipinski definition) is 2. The van der Waals surface area contributed by atoms with E-state index in [2.05, 4.69) is 5.32 Å². The molecule has 0 radical (unpaired) electrons. The van der Waals surface area contributed by atoms with E-state index in [0.29, 0.717) is 28.2 Å². The lowest BCUT2D eigenvalue weighted by Crippen LogP contribution is -2.53. The Balaban J connectivity index is 0.00000169. The van der Waals surface area contributed by atoms with Crippen molar-refractivity contribution in [3.8, 4) is 0 Å². The summed E-state index contributed by atoms with van der Waals surface area (Å²) in [5.41, 5.74) is 6.84. The first-order valence-corrected chi connectivity index (χ1v) is 8.73. The van der Waals surface area contributed by atoms with Crippen LogP contribution < -0.4 is 11.1 Å². The van der Waals surface area contributed by atoms with Crippen LogP contribution in [0.1, 0.15) is 42.7 Å². The Hall–Kier alpha value is -1.23. The van der Waals surface area contributed by atoms with E-state index in [1.54, 1.807) is 18.2 Å². The maximum absolute atomic E-state index is 12.6. The Morgan fingerprint density at radius 1 is 1.21 bits per heavy atom. The lowest BCUT2D eigenvalue weighted by molar-refractivity contribution is 0.0734. The molecule has 3 N–H and O–H groups in total. The molecule has 1 aromatic heterocycles. The average Bonchev–Trinajstić information content (AvgIpc) is 2.91. The summed E-state index contributed by atoms with van der Waals surface area (Å²) in [5, 5.41) is 4.71. The number of furan rings is 1. The van der Waals surface area contributed by atoms with Gasteiger partial charge in [0.2, 0.25) is 0 Å². The van der Waals surface area contributed by atoms with E-state index >= 15 is 0 Å². The van der Waals surface area contributed by atoms with E-state index in [-0.39, 0.29) is 30.4 Å². The van der Waals surface area contributed by atoms with Gasteiger partial charge in [-0.2, -0.15) is 0 Å². The van der Waals surface area contributed by atoms with Crippen LogP contribution in [0.25, 0.3) is 11.0 Å². The van der Waals surface area contributed by atoms with Gasteiger partial charge in [0.25, 0.3) is 5.91 Å². The largest absolute Gasteiger partial charge is 0.451 e. The molecule has 2 bridgehead atoms. The monoisotopic (exact) mass is 368 g/mol. The zero-order chi connectivity index (χ0) is 16.0. The van der Waals surface area contributed by atoms with Crippen molar-refractivity contribution >= 4 is 40.9 Å². The lowest BCUT2D eigenvalue weighted by atomic mass is 9.67. The first-order chi connectivity index (χ1) is 11.1. The minimum absolute atomic E-state index is 0. The number of amides is 1. The second kappa shape index (κ2) is 6.95. The number of fused-ring (bicyclic) bond motifs is 3. The van der Waals surface area contributed by atoms with Gasteiger partial charge in [-0.05, 0) is 61.8 Å². The van der Waals surface area contributed by atoms with Gasteiger partial charge in [0.1, 0.15) is 5.58 Å². The van der Waals surface area contributed by atoms with Crippen molar-refractivity contribution in [2.75, 3.05) is 0 Å². The fourth-order valence-corrected chi connectivity index (χ4v) is 4.55. The van der Waals surface area contributed by atoms with Gasteiger partial charge in [0, 0.05) is 22.5 Å². The summed E-state index contributed by atoms with van der Waals surface area (Å²) in [4.78, 5) is 12.6. The van der Waals surface area contributed by atoms with Crippen LogP contribution in [0.4, 0.5) is 0 Å². The third kappa shape index (κ3) is 3.28. The molecule has 2 atom stereocenters. The first-order valence-electron chi connectivity index (χ1n) is 8.35. The van der Waals surface area contributed by atoms with E-state index < -0.39 is 0 Å². The zero-order valence-electron chi connectivity index (χ0n) is 13.3. The molecular weight excluding hydrogens is 347 g/mol. The van der Waals surface area contributed by atoms with Crippen molar-refractivity contribution < 1.29 is 9.21 Å². The fourth-order valence-electron chi connectivity index (χ4n) is 4.37. The van der Waals surface area contributed by atoms with Gasteiger partial charge in [0.05, 0.1) is 0 Å². The third-order valence-electron chi connectivity index (χ3n) is 5.38. The van der Waals surface area contributed by atoms with Crippen molar-refractivity contribution in [2.24, 2.45) is 17.6 Å². The van der Waals surface area contributed by atoms with Crippen molar-refractivity contribution in [3.63, 3.8) is 0 Å². The molecule has 2 fully saturated rings. The Morgan fingerprint density at radius 3 is 2.62 bits per heavy atom. The first kappa shape index (κ1) is 17.6. The van der Waals surface area contributed by atoms with E-state index in [1.807, 2.05) is 6.07 Å². The summed E-state index contributed by atoms with van der Waals surface area (Å²) in [6.07, 6.45) is 5.59. The molecule has 2 aliphatic carbocycles. The Kier molecular flexibility index (Phi) is 5.09. The normalized spacial score (nSPS) is 29.1. The highest BCUT2D eigenvalue weighted by molar-refractivity contribution is 6.31. The highest BCUT2D eigenvalue weighted by Crippen LogP contribution is 2.39. The molecule has 6 heteroatoms. The van der Waals surface area contributed by atoms with Crippen molar-refractivity contribution in [2.45, 2.75) is 44.2 Å². The van der Waals surface area contributed by atoms with Gasteiger partial charge in [-0.25, -0.2) is 0 Å². The van der Waals surface area contributed by atoms with Crippen LogP contribution in [-0.4, -0.2) is 18.0 Å². The zero-order valence-corrected chi connectivity index (χ0v) is 14.9. The topological polar surface area (TPSA) is 68.3 Å². The number of rotatable bonds is 2. The van der Waals surface area contributed by atoms with Crippen LogP contribution in [0, 0.1) is 11.8 Å². The predicted molar refractivity (Wildman–Crippen MR) is 97.8 cm³/mol. The second-order valence-corrected chi connectivity index (χ2v) is 7.41. The van der Waals surface area contributed by atoms with Gasteiger partial charge in [-0.1, -0.05) is 18.0 Å². The molecule has 1 amide bonds. The minimum Gasteiger partial charge on any atom is -0.451 e. The molecule has 0 saturated heterocycles. The lowest BCUT2D eigenvalue weighted by Gasteiger charge is -2.45. The van der Waals surface area contributed by atoms with Crippen LogP contribution in [0.15, 0.2) is 28.7 Å². The van der Waals surface area contributed by atoms with E-state index in [0.717, 1.165) is 31.1 Å². The second-order valence-electron chi connectivity index (χ2n) is 6.97. The maximum atomic E-state index is 12.6. The van der Waals surface area contributed by atoms with E-state index in [9.17, 15) is 4.79 Å². The minimum atomic E-state index is -0.130. The smallest absolute Gasteiger partial charge is 0.287 e. The number of nitrogens with one attached hydrogen (secondary N) is 1. The van der Waals surface area contributed by atoms with Gasteiger partial charge in [-0.3, -0.25) is 4.79 Å². The highest BCUT2D eigenvalue weighted by atomic mass is 35.5. The van der Waals surface area contributed by atoms with Crippen LogP contribution in [-0.2, 0) is 0 Å². The van der Waals surface area contributed by atoms with Crippen LogP contribution in [0.5, 0.6) is 0 Å². The average molecular weight is 369 g/mol. The van der Waals surface area contributed by atoms with E-state index in [1.165, 1.54) is 6.42 Å². The van der Waals surface area contributed by atoms with Crippen LogP contribution in [0.3, 0.4) is 0 Å². The van der Waals surface area contributed by atoms with Crippen molar-refractivity contribution in [1.29, 1.82) is 0 Å². The molecular formula is C18H22Cl2N2O2. The van der Waals surface area contributed by atoms with Crippen LogP contribution >= 0.6 is 24.0 Å². The number of hydrogen-bond acceptors (Lipinski definition) is 3. The SMILES string of the molecule is Cl.NC1CC2CCCC(C1)C2NC(=O)c1cc2cc(Cl)ccc2o1. The molecule has 0 aliphatic heterocycles. The summed E-state index contributed by atoms with van der Waals surface area (Å²) in [6, 6.07) is 7.65. The molecule has 1 heterocycles. The fraction of sp³-hybridized carbons (Fsp3) is 0.500. The molecule has 2 saturated carbocycles. The van der Waals surface area contributed by atoms with E-state index in [4.69, 9.17) is 21.8 Å². The maximum Gasteiger partial charge on any atom is 0.287 e. The summed E-state index contributed by atoms with van der Waals surface area (Å²) in [7, 11) is 0.